The van der Waals surface area contributed by atoms with E-state index in [-0.39, 0.29) is 11.2 Å². The molecule has 0 fully saturated rings. The van der Waals surface area contributed by atoms with E-state index in [9.17, 15) is 4.79 Å². The number of amides is 1. The molecule has 2 aromatic heterocycles. The largest absolute Gasteiger partial charge is 0.494 e. The highest BCUT2D eigenvalue weighted by Crippen LogP contribution is 2.31. The third-order valence-corrected chi connectivity index (χ3v) is 6.75. The van der Waals surface area contributed by atoms with Crippen LogP contribution in [0.2, 0.25) is 0 Å². The van der Waals surface area contributed by atoms with Crippen molar-refractivity contribution in [1.82, 2.24) is 14.6 Å². The van der Waals surface area contributed by atoms with Crippen molar-refractivity contribution in [3.8, 4) is 5.75 Å². The van der Waals surface area contributed by atoms with Crippen LogP contribution in [-0.4, -0.2) is 32.4 Å². The molecule has 0 bridgehead atoms. The first-order valence-electron chi connectivity index (χ1n) is 10.9. The van der Waals surface area contributed by atoms with Gasteiger partial charge in [-0.3, -0.25) is 9.20 Å². The second-order valence-corrected chi connectivity index (χ2v) is 9.11. The lowest BCUT2D eigenvalue weighted by Gasteiger charge is -2.15. The van der Waals surface area contributed by atoms with Gasteiger partial charge in [-0.1, -0.05) is 30.3 Å². The number of thioether (sulfide) groups is 1. The smallest absolute Gasteiger partial charge is 0.237 e. The maximum atomic E-state index is 13.0. The quantitative estimate of drug-likeness (QED) is 0.367. The third kappa shape index (κ3) is 4.30. The number of ether oxygens (including phenoxy) is 1. The zero-order valence-corrected chi connectivity index (χ0v) is 19.9. The number of rotatable bonds is 7. The van der Waals surface area contributed by atoms with Crippen molar-refractivity contribution in [1.29, 1.82) is 0 Å². The van der Waals surface area contributed by atoms with E-state index in [1.165, 1.54) is 33.8 Å². The number of carbonyl (C=O) groups excluding carboxylic acids is 1. The second-order valence-electron chi connectivity index (χ2n) is 7.94. The van der Waals surface area contributed by atoms with Gasteiger partial charge in [0.25, 0.3) is 0 Å². The fourth-order valence-electron chi connectivity index (χ4n) is 3.96. The molecular weight excluding hydrogens is 420 g/mol. The van der Waals surface area contributed by atoms with Crippen LogP contribution in [0.4, 0.5) is 5.69 Å². The number of hydrogen-bond donors (Lipinski definition) is 1. The number of aryl methyl sites for hydroxylation is 3. The van der Waals surface area contributed by atoms with Gasteiger partial charge in [-0.25, -0.2) is 0 Å². The molecule has 0 aliphatic heterocycles. The van der Waals surface area contributed by atoms with Crippen molar-refractivity contribution >= 4 is 39.9 Å². The topological polar surface area (TPSA) is 68.5 Å². The second kappa shape index (κ2) is 9.20. The lowest BCUT2D eigenvalue weighted by Crippen LogP contribution is -2.24. The zero-order chi connectivity index (χ0) is 22.8. The summed E-state index contributed by atoms with van der Waals surface area (Å²) in [6.45, 7) is 10.9. The standard InChI is InChI=1S/C25H28N4O2S/c1-6-21(24(30)26-18-8-10-19(11-9-18)31-7-2)32-25-28-27-22-14-16(4)20-13-15(3)12-17(5)23(20)29(22)25/h8-14,21H,6-7H2,1-5H3,(H,26,30). The van der Waals surface area contributed by atoms with Crippen LogP contribution in [0.3, 0.4) is 0 Å². The maximum absolute atomic E-state index is 13.0. The first-order valence-corrected chi connectivity index (χ1v) is 11.7. The average molecular weight is 449 g/mol. The van der Waals surface area contributed by atoms with E-state index in [0.29, 0.717) is 13.0 Å². The van der Waals surface area contributed by atoms with Crippen LogP contribution in [0.5, 0.6) is 5.75 Å². The molecule has 1 amide bonds. The van der Waals surface area contributed by atoms with Crippen LogP contribution in [0.1, 0.15) is 37.0 Å². The molecule has 2 aromatic carbocycles. The Hall–Kier alpha value is -3.06. The Bertz CT molecular complexity index is 1280. The predicted octanol–water partition coefficient (Wildman–Crippen LogP) is 5.72. The Morgan fingerprint density at radius 3 is 2.50 bits per heavy atom. The normalized spacial score (nSPS) is 12.3. The molecule has 0 radical (unpaired) electrons. The number of aromatic nitrogens is 3. The zero-order valence-electron chi connectivity index (χ0n) is 19.1. The van der Waals surface area contributed by atoms with Crippen molar-refractivity contribution in [3.05, 3.63) is 59.2 Å². The summed E-state index contributed by atoms with van der Waals surface area (Å²) in [5.74, 6) is 0.733. The fourth-order valence-corrected chi connectivity index (χ4v) is 4.93. The predicted molar refractivity (Wildman–Crippen MR) is 131 cm³/mol. The van der Waals surface area contributed by atoms with Crippen LogP contribution in [0.15, 0.2) is 47.6 Å². The van der Waals surface area contributed by atoms with Crippen LogP contribution in [0, 0.1) is 20.8 Å². The van der Waals surface area contributed by atoms with Crippen molar-refractivity contribution in [2.24, 2.45) is 0 Å². The van der Waals surface area contributed by atoms with E-state index in [2.05, 4.69) is 58.9 Å². The Morgan fingerprint density at radius 1 is 1.06 bits per heavy atom. The molecule has 1 unspecified atom stereocenters. The van der Waals surface area contributed by atoms with Crippen LogP contribution in [-0.2, 0) is 4.79 Å². The Morgan fingerprint density at radius 2 is 1.81 bits per heavy atom. The fraction of sp³-hybridized carbons (Fsp3) is 0.320. The summed E-state index contributed by atoms with van der Waals surface area (Å²) in [6.07, 6.45) is 0.671. The molecule has 0 saturated carbocycles. The number of nitrogens with one attached hydrogen (secondary N) is 1. The van der Waals surface area contributed by atoms with Crippen molar-refractivity contribution in [2.75, 3.05) is 11.9 Å². The van der Waals surface area contributed by atoms with E-state index in [1.807, 2.05) is 38.1 Å². The molecule has 0 saturated heterocycles. The molecule has 4 rings (SSSR count). The Labute approximate surface area is 192 Å². The summed E-state index contributed by atoms with van der Waals surface area (Å²) in [4.78, 5) is 13.0. The molecule has 32 heavy (non-hydrogen) atoms. The van der Waals surface area contributed by atoms with E-state index in [1.54, 1.807) is 0 Å². The van der Waals surface area contributed by atoms with Crippen molar-refractivity contribution in [3.63, 3.8) is 0 Å². The van der Waals surface area contributed by atoms with Gasteiger partial charge >= 0.3 is 0 Å². The van der Waals surface area contributed by atoms with Gasteiger partial charge in [0, 0.05) is 11.1 Å². The van der Waals surface area contributed by atoms with Crippen LogP contribution in [0.25, 0.3) is 16.6 Å². The molecule has 4 aromatic rings. The monoisotopic (exact) mass is 448 g/mol. The van der Waals surface area contributed by atoms with Gasteiger partial charge in [0.2, 0.25) is 5.91 Å². The average Bonchev–Trinajstić information content (AvgIpc) is 3.15. The lowest BCUT2D eigenvalue weighted by molar-refractivity contribution is -0.115. The van der Waals surface area contributed by atoms with Gasteiger partial charge in [0.15, 0.2) is 10.8 Å². The van der Waals surface area contributed by atoms with Gasteiger partial charge in [0.1, 0.15) is 5.75 Å². The van der Waals surface area contributed by atoms with Gasteiger partial charge in [-0.15, -0.1) is 10.2 Å². The molecule has 1 N–H and O–H groups in total. The summed E-state index contributed by atoms with van der Waals surface area (Å²) in [7, 11) is 0. The minimum atomic E-state index is -0.295. The van der Waals surface area contributed by atoms with Gasteiger partial charge in [-0.05, 0) is 81.6 Å². The number of nitrogens with zero attached hydrogens (tertiary/aromatic N) is 3. The highest BCUT2D eigenvalue weighted by atomic mass is 32.2. The lowest BCUT2D eigenvalue weighted by atomic mass is 10.0. The number of anilines is 1. The number of fused-ring (bicyclic) bond motifs is 3. The molecule has 166 valence electrons. The van der Waals surface area contributed by atoms with Crippen LogP contribution < -0.4 is 10.1 Å². The molecule has 1 atom stereocenters. The first-order chi connectivity index (χ1) is 15.4. The van der Waals surface area contributed by atoms with Crippen molar-refractivity contribution < 1.29 is 9.53 Å². The molecule has 0 aliphatic rings. The SMILES string of the molecule is CCOc1ccc(NC(=O)C(CC)Sc2nnc3cc(C)c4cc(C)cc(C)c4n23)cc1. The van der Waals surface area contributed by atoms with Crippen LogP contribution >= 0.6 is 11.8 Å². The van der Waals surface area contributed by atoms with Crippen molar-refractivity contribution in [2.45, 2.75) is 51.4 Å². The first kappa shape index (κ1) is 22.1. The van der Waals surface area contributed by atoms with Gasteiger partial charge in [-0.2, -0.15) is 0 Å². The number of hydrogen-bond acceptors (Lipinski definition) is 5. The minimum absolute atomic E-state index is 0.0533. The summed E-state index contributed by atoms with van der Waals surface area (Å²) in [5.41, 5.74) is 6.20. The van der Waals surface area contributed by atoms with E-state index >= 15 is 0 Å². The molecule has 6 nitrogen and oxygen atoms in total. The van der Waals surface area contributed by atoms with E-state index < -0.39 is 0 Å². The maximum Gasteiger partial charge on any atom is 0.237 e. The summed E-state index contributed by atoms with van der Waals surface area (Å²) in [5, 5.41) is 13.5. The number of benzene rings is 2. The third-order valence-electron chi connectivity index (χ3n) is 5.44. The minimum Gasteiger partial charge on any atom is -0.494 e. The number of pyridine rings is 1. The molecule has 7 heteroatoms. The summed E-state index contributed by atoms with van der Waals surface area (Å²) >= 11 is 1.45. The Kier molecular flexibility index (Phi) is 6.37. The highest BCUT2D eigenvalue weighted by Gasteiger charge is 2.22. The molecule has 0 aliphatic carbocycles. The molecular formula is C25H28N4O2S. The summed E-state index contributed by atoms with van der Waals surface area (Å²) < 4.78 is 7.55. The summed E-state index contributed by atoms with van der Waals surface area (Å²) in [6, 6.07) is 13.9. The van der Waals surface area contributed by atoms with E-state index in [4.69, 9.17) is 4.74 Å². The molecule has 0 spiro atoms. The van der Waals surface area contributed by atoms with Gasteiger partial charge < -0.3 is 10.1 Å². The highest BCUT2D eigenvalue weighted by molar-refractivity contribution is 8.00. The Balaban J connectivity index is 1.64. The van der Waals surface area contributed by atoms with Gasteiger partial charge in [0.05, 0.1) is 17.4 Å². The number of carbonyl (C=O) groups is 1. The molecule has 2 heterocycles. The van der Waals surface area contributed by atoms with E-state index in [0.717, 1.165) is 27.8 Å².